The highest BCUT2D eigenvalue weighted by atomic mass is 35.5. The molecule has 23 heavy (non-hydrogen) atoms. The Morgan fingerprint density at radius 1 is 1.22 bits per heavy atom. The van der Waals surface area contributed by atoms with Crippen LogP contribution in [0.25, 0.3) is 0 Å². The van der Waals surface area contributed by atoms with Gasteiger partial charge in [-0.25, -0.2) is 0 Å². The van der Waals surface area contributed by atoms with Gasteiger partial charge in [-0.3, -0.25) is 9.59 Å². The van der Waals surface area contributed by atoms with Crippen LogP contribution in [0.1, 0.15) is 15.9 Å². The van der Waals surface area contributed by atoms with Crippen molar-refractivity contribution in [3.63, 3.8) is 0 Å². The molecule has 1 amide bonds. The van der Waals surface area contributed by atoms with Crippen LogP contribution in [0.15, 0.2) is 42.5 Å². The van der Waals surface area contributed by atoms with Crippen LogP contribution in [0, 0.1) is 0 Å². The first kappa shape index (κ1) is 16.8. The number of halogens is 1. The van der Waals surface area contributed by atoms with Crippen molar-refractivity contribution in [2.45, 2.75) is 6.54 Å². The number of ether oxygens (including phenoxy) is 2. The summed E-state index contributed by atoms with van der Waals surface area (Å²) in [6.45, 7) is 0.122. The second kappa shape index (κ2) is 8.19. The zero-order valence-corrected chi connectivity index (χ0v) is 13.3. The summed E-state index contributed by atoms with van der Waals surface area (Å²) < 4.78 is 10.6. The average molecular weight is 334 g/mol. The Bertz CT molecular complexity index is 703. The van der Waals surface area contributed by atoms with E-state index in [2.05, 4.69) is 5.32 Å². The van der Waals surface area contributed by atoms with Gasteiger partial charge >= 0.3 is 0 Å². The van der Waals surface area contributed by atoms with Crippen LogP contribution in [0.2, 0.25) is 5.02 Å². The van der Waals surface area contributed by atoms with Crippen LogP contribution in [-0.4, -0.2) is 25.9 Å². The lowest BCUT2D eigenvalue weighted by Crippen LogP contribution is -2.28. The monoisotopic (exact) mass is 333 g/mol. The van der Waals surface area contributed by atoms with E-state index in [0.29, 0.717) is 34.9 Å². The third kappa shape index (κ3) is 4.72. The van der Waals surface area contributed by atoms with Gasteiger partial charge in [0.25, 0.3) is 5.91 Å². The molecular formula is C17H16ClNO4. The Hall–Kier alpha value is -2.53. The van der Waals surface area contributed by atoms with Gasteiger partial charge in [0.05, 0.1) is 7.11 Å². The fourth-order valence-electron chi connectivity index (χ4n) is 1.91. The molecule has 0 aromatic heterocycles. The standard InChI is InChI=1S/C17H16ClNO4/c1-22-15-7-6-12(10-20)8-16(15)23-11-17(21)19-9-13-4-2-3-5-14(13)18/h2-8,10H,9,11H2,1H3,(H,19,21). The SMILES string of the molecule is COc1ccc(C=O)cc1OCC(=O)NCc1ccccc1Cl. The Balaban J connectivity index is 1.92. The first-order chi connectivity index (χ1) is 11.1. The first-order valence-corrected chi connectivity index (χ1v) is 7.28. The van der Waals surface area contributed by atoms with Crippen molar-refractivity contribution >= 4 is 23.8 Å². The molecule has 120 valence electrons. The highest BCUT2D eigenvalue weighted by Crippen LogP contribution is 2.27. The number of hydrogen-bond acceptors (Lipinski definition) is 4. The molecule has 2 aromatic rings. The van der Waals surface area contributed by atoms with E-state index in [9.17, 15) is 9.59 Å². The summed E-state index contributed by atoms with van der Waals surface area (Å²) in [7, 11) is 1.49. The molecule has 0 aliphatic carbocycles. The van der Waals surface area contributed by atoms with Crippen LogP contribution in [0.4, 0.5) is 0 Å². The second-order valence-corrected chi connectivity index (χ2v) is 5.09. The molecule has 0 fully saturated rings. The number of benzene rings is 2. The van der Waals surface area contributed by atoms with E-state index in [1.54, 1.807) is 18.2 Å². The van der Waals surface area contributed by atoms with Gasteiger partial charge in [0.2, 0.25) is 0 Å². The van der Waals surface area contributed by atoms with Crippen molar-refractivity contribution in [3.8, 4) is 11.5 Å². The summed E-state index contributed by atoms with van der Waals surface area (Å²) in [5, 5.41) is 3.31. The summed E-state index contributed by atoms with van der Waals surface area (Å²) >= 11 is 6.02. The predicted octanol–water partition coefficient (Wildman–Crippen LogP) is 2.86. The predicted molar refractivity (Wildman–Crippen MR) is 87.2 cm³/mol. The van der Waals surface area contributed by atoms with E-state index in [-0.39, 0.29) is 12.5 Å². The van der Waals surface area contributed by atoms with Crippen LogP contribution >= 0.6 is 11.6 Å². The molecule has 0 radical (unpaired) electrons. The van der Waals surface area contributed by atoms with E-state index in [1.165, 1.54) is 13.2 Å². The molecule has 0 aliphatic rings. The topological polar surface area (TPSA) is 64.6 Å². The minimum atomic E-state index is -0.302. The molecule has 0 bridgehead atoms. The van der Waals surface area contributed by atoms with Crippen molar-refractivity contribution in [3.05, 3.63) is 58.6 Å². The molecule has 2 aromatic carbocycles. The Kier molecular flexibility index (Phi) is 6.00. The summed E-state index contributed by atoms with van der Waals surface area (Å²) in [5.74, 6) is 0.489. The fourth-order valence-corrected chi connectivity index (χ4v) is 2.11. The van der Waals surface area contributed by atoms with E-state index < -0.39 is 0 Å². The zero-order valence-electron chi connectivity index (χ0n) is 12.5. The van der Waals surface area contributed by atoms with Crippen molar-refractivity contribution in [1.82, 2.24) is 5.32 Å². The van der Waals surface area contributed by atoms with Gasteiger partial charge in [-0.2, -0.15) is 0 Å². The quantitative estimate of drug-likeness (QED) is 0.791. The summed E-state index contributed by atoms with van der Waals surface area (Å²) in [6.07, 6.45) is 0.698. The lowest BCUT2D eigenvalue weighted by molar-refractivity contribution is -0.123. The van der Waals surface area contributed by atoms with Crippen LogP contribution in [0.3, 0.4) is 0 Å². The molecule has 1 N–H and O–H groups in total. The summed E-state index contributed by atoms with van der Waals surface area (Å²) in [6, 6.07) is 12.0. The van der Waals surface area contributed by atoms with E-state index in [4.69, 9.17) is 21.1 Å². The first-order valence-electron chi connectivity index (χ1n) is 6.90. The van der Waals surface area contributed by atoms with Gasteiger partial charge in [-0.05, 0) is 29.8 Å². The van der Waals surface area contributed by atoms with E-state index >= 15 is 0 Å². The number of methoxy groups -OCH3 is 1. The highest BCUT2D eigenvalue weighted by Gasteiger charge is 2.09. The molecule has 5 nitrogen and oxygen atoms in total. The van der Waals surface area contributed by atoms with Gasteiger partial charge < -0.3 is 14.8 Å². The molecule has 0 saturated carbocycles. The molecular weight excluding hydrogens is 318 g/mol. The lowest BCUT2D eigenvalue weighted by atomic mass is 10.2. The maximum absolute atomic E-state index is 11.9. The van der Waals surface area contributed by atoms with E-state index in [0.717, 1.165) is 5.56 Å². The molecule has 2 rings (SSSR count). The molecule has 0 spiro atoms. The third-order valence-electron chi connectivity index (χ3n) is 3.12. The molecule has 0 saturated heterocycles. The van der Waals surface area contributed by atoms with Crippen molar-refractivity contribution in [2.24, 2.45) is 0 Å². The lowest BCUT2D eigenvalue weighted by Gasteiger charge is -2.11. The minimum absolute atomic E-state index is 0.191. The minimum Gasteiger partial charge on any atom is -0.493 e. The van der Waals surface area contributed by atoms with Crippen LogP contribution < -0.4 is 14.8 Å². The zero-order chi connectivity index (χ0) is 16.7. The third-order valence-corrected chi connectivity index (χ3v) is 3.49. The number of rotatable bonds is 7. The Labute approximate surface area is 139 Å². The van der Waals surface area contributed by atoms with Gasteiger partial charge in [-0.1, -0.05) is 29.8 Å². The maximum Gasteiger partial charge on any atom is 0.258 e. The normalized spacial score (nSPS) is 10.0. The molecule has 0 aliphatic heterocycles. The summed E-state index contributed by atoms with van der Waals surface area (Å²) in [5.41, 5.74) is 1.26. The van der Waals surface area contributed by atoms with Crippen LogP contribution in [-0.2, 0) is 11.3 Å². The maximum atomic E-state index is 11.9. The fraction of sp³-hybridized carbons (Fsp3) is 0.176. The van der Waals surface area contributed by atoms with E-state index in [1.807, 2.05) is 18.2 Å². The van der Waals surface area contributed by atoms with Gasteiger partial charge in [-0.15, -0.1) is 0 Å². The number of carbonyl (C=O) groups is 2. The largest absolute Gasteiger partial charge is 0.493 e. The number of nitrogens with one attached hydrogen (secondary N) is 1. The average Bonchev–Trinajstić information content (AvgIpc) is 2.58. The second-order valence-electron chi connectivity index (χ2n) is 4.68. The Morgan fingerprint density at radius 3 is 2.70 bits per heavy atom. The van der Waals surface area contributed by atoms with Crippen molar-refractivity contribution < 1.29 is 19.1 Å². The molecule has 6 heteroatoms. The van der Waals surface area contributed by atoms with Gasteiger partial charge in [0, 0.05) is 17.1 Å². The van der Waals surface area contributed by atoms with Crippen molar-refractivity contribution in [2.75, 3.05) is 13.7 Å². The number of amides is 1. The van der Waals surface area contributed by atoms with Crippen LogP contribution in [0.5, 0.6) is 11.5 Å². The van der Waals surface area contributed by atoms with Crippen molar-refractivity contribution in [1.29, 1.82) is 0 Å². The van der Waals surface area contributed by atoms with Gasteiger partial charge in [0.15, 0.2) is 18.1 Å². The molecule has 0 heterocycles. The van der Waals surface area contributed by atoms with Gasteiger partial charge in [0.1, 0.15) is 6.29 Å². The molecule has 0 atom stereocenters. The highest BCUT2D eigenvalue weighted by molar-refractivity contribution is 6.31. The summed E-state index contributed by atoms with van der Waals surface area (Å²) in [4.78, 5) is 22.7. The Morgan fingerprint density at radius 2 is 2.00 bits per heavy atom. The number of hydrogen-bond donors (Lipinski definition) is 1. The number of aldehydes is 1. The molecule has 0 unspecified atom stereocenters. The smallest absolute Gasteiger partial charge is 0.258 e. The number of carbonyl (C=O) groups excluding carboxylic acids is 2.